The van der Waals surface area contributed by atoms with Crippen LogP contribution in [-0.4, -0.2) is 59.9 Å². The minimum atomic E-state index is 0.00593. The van der Waals surface area contributed by atoms with Crippen LogP contribution < -0.4 is 5.32 Å². The van der Waals surface area contributed by atoms with Crippen molar-refractivity contribution < 1.29 is 9.59 Å². The number of piperazine rings is 1. The van der Waals surface area contributed by atoms with Crippen molar-refractivity contribution in [3.8, 4) is 0 Å². The van der Waals surface area contributed by atoms with Crippen molar-refractivity contribution in [2.45, 2.75) is 39.3 Å². The molecular formula is C13H23N3O2. The molecule has 0 bridgehead atoms. The first-order valence-corrected chi connectivity index (χ1v) is 6.77. The first-order chi connectivity index (χ1) is 8.47. The van der Waals surface area contributed by atoms with E-state index >= 15 is 0 Å². The maximum atomic E-state index is 12.4. The van der Waals surface area contributed by atoms with Gasteiger partial charge in [0.1, 0.15) is 0 Å². The summed E-state index contributed by atoms with van der Waals surface area (Å²) in [5.74, 6) is 0.303. The van der Waals surface area contributed by atoms with Gasteiger partial charge in [-0.1, -0.05) is 0 Å². The highest BCUT2D eigenvalue weighted by Crippen LogP contribution is 2.20. The van der Waals surface area contributed by atoms with Gasteiger partial charge >= 0.3 is 0 Å². The molecule has 0 unspecified atom stereocenters. The Morgan fingerprint density at radius 3 is 2.17 bits per heavy atom. The predicted molar refractivity (Wildman–Crippen MR) is 69.0 cm³/mol. The highest BCUT2D eigenvalue weighted by molar-refractivity contribution is 5.81. The Labute approximate surface area is 108 Å². The lowest BCUT2D eigenvalue weighted by molar-refractivity contribution is -0.137. The molecule has 18 heavy (non-hydrogen) atoms. The molecule has 2 amide bonds. The highest BCUT2D eigenvalue weighted by atomic mass is 16.2. The van der Waals surface area contributed by atoms with Gasteiger partial charge in [0.05, 0.1) is 5.92 Å². The zero-order valence-electron chi connectivity index (χ0n) is 11.5. The van der Waals surface area contributed by atoms with Crippen LogP contribution in [0.5, 0.6) is 0 Å². The number of carbonyl (C=O) groups excluding carboxylic acids is 2. The summed E-state index contributed by atoms with van der Waals surface area (Å²) in [7, 11) is 0. The SMILES string of the molecule is CC(=O)N1CC[C@H](C(=O)N2C[C@H](C)N[C@@H](C)C2)C1. The fourth-order valence-corrected chi connectivity index (χ4v) is 3.01. The van der Waals surface area contributed by atoms with E-state index in [2.05, 4.69) is 19.2 Å². The first kappa shape index (κ1) is 13.3. The van der Waals surface area contributed by atoms with Gasteiger partial charge < -0.3 is 15.1 Å². The van der Waals surface area contributed by atoms with Gasteiger partial charge in [0.15, 0.2) is 0 Å². The summed E-state index contributed by atoms with van der Waals surface area (Å²) in [6.45, 7) is 8.66. The lowest BCUT2D eigenvalue weighted by atomic mass is 10.0. The summed E-state index contributed by atoms with van der Waals surface area (Å²) in [6.07, 6.45) is 0.811. The molecule has 0 aromatic carbocycles. The van der Waals surface area contributed by atoms with E-state index in [0.29, 0.717) is 18.6 Å². The second kappa shape index (κ2) is 5.26. The predicted octanol–water partition coefficient (Wildman–Crippen LogP) is 0.0636. The van der Waals surface area contributed by atoms with Gasteiger partial charge in [-0.2, -0.15) is 0 Å². The average molecular weight is 253 g/mol. The minimum absolute atomic E-state index is 0.00593. The standard InChI is InChI=1S/C13H23N3O2/c1-9-6-16(7-10(2)14-9)13(18)12-4-5-15(8-12)11(3)17/h9-10,12,14H,4-8H2,1-3H3/t9-,10-,12-/m0/s1. The van der Waals surface area contributed by atoms with Crippen molar-refractivity contribution in [3.05, 3.63) is 0 Å². The maximum Gasteiger partial charge on any atom is 0.227 e. The van der Waals surface area contributed by atoms with Crippen molar-refractivity contribution in [1.29, 1.82) is 0 Å². The van der Waals surface area contributed by atoms with E-state index in [1.54, 1.807) is 11.8 Å². The summed E-state index contributed by atoms with van der Waals surface area (Å²) in [5.41, 5.74) is 0. The van der Waals surface area contributed by atoms with Gasteiger partial charge in [0.2, 0.25) is 11.8 Å². The molecule has 5 heteroatoms. The normalized spacial score (nSPS) is 32.7. The molecule has 2 rings (SSSR count). The molecule has 2 heterocycles. The Kier molecular flexibility index (Phi) is 3.90. The minimum Gasteiger partial charge on any atom is -0.342 e. The molecule has 0 aliphatic carbocycles. The number of rotatable bonds is 1. The van der Waals surface area contributed by atoms with Gasteiger partial charge in [0, 0.05) is 45.2 Å². The fraction of sp³-hybridized carbons (Fsp3) is 0.846. The maximum absolute atomic E-state index is 12.4. The number of hydrogen-bond acceptors (Lipinski definition) is 3. The van der Waals surface area contributed by atoms with E-state index in [1.807, 2.05) is 4.90 Å². The van der Waals surface area contributed by atoms with Gasteiger partial charge in [0.25, 0.3) is 0 Å². The quantitative estimate of drug-likeness (QED) is 0.719. The van der Waals surface area contributed by atoms with E-state index in [1.165, 1.54) is 0 Å². The Hall–Kier alpha value is -1.10. The van der Waals surface area contributed by atoms with E-state index < -0.39 is 0 Å². The molecule has 0 aromatic heterocycles. The summed E-state index contributed by atoms with van der Waals surface area (Å²) in [6, 6.07) is 0.700. The van der Waals surface area contributed by atoms with Crippen LogP contribution in [0.3, 0.4) is 0 Å². The van der Waals surface area contributed by atoms with Crippen LogP contribution in [0.1, 0.15) is 27.2 Å². The second-order valence-electron chi connectivity index (χ2n) is 5.66. The number of likely N-dealkylation sites (tertiary alicyclic amines) is 1. The molecular weight excluding hydrogens is 230 g/mol. The van der Waals surface area contributed by atoms with Crippen molar-refractivity contribution >= 4 is 11.8 Å². The Balaban J connectivity index is 1.93. The molecule has 3 atom stereocenters. The van der Waals surface area contributed by atoms with Crippen LogP contribution in [0.4, 0.5) is 0 Å². The van der Waals surface area contributed by atoms with E-state index in [-0.39, 0.29) is 17.7 Å². The molecule has 2 fully saturated rings. The summed E-state index contributed by atoms with van der Waals surface area (Å²) in [5, 5.41) is 3.42. The van der Waals surface area contributed by atoms with Gasteiger partial charge in [-0.15, -0.1) is 0 Å². The van der Waals surface area contributed by atoms with Gasteiger partial charge in [-0.3, -0.25) is 9.59 Å². The third kappa shape index (κ3) is 2.83. The van der Waals surface area contributed by atoms with E-state index in [9.17, 15) is 9.59 Å². The monoisotopic (exact) mass is 253 g/mol. The summed E-state index contributed by atoms with van der Waals surface area (Å²) < 4.78 is 0. The van der Waals surface area contributed by atoms with Crippen LogP contribution in [0.25, 0.3) is 0 Å². The largest absolute Gasteiger partial charge is 0.342 e. The summed E-state index contributed by atoms with van der Waals surface area (Å²) in [4.78, 5) is 27.4. The molecule has 0 saturated carbocycles. The zero-order chi connectivity index (χ0) is 13.3. The lowest BCUT2D eigenvalue weighted by Gasteiger charge is -2.37. The van der Waals surface area contributed by atoms with Crippen LogP contribution in [-0.2, 0) is 9.59 Å². The molecule has 0 radical (unpaired) electrons. The smallest absolute Gasteiger partial charge is 0.227 e. The van der Waals surface area contributed by atoms with Gasteiger partial charge in [-0.05, 0) is 20.3 Å². The molecule has 1 N–H and O–H groups in total. The van der Waals surface area contributed by atoms with Crippen LogP contribution in [0.15, 0.2) is 0 Å². The van der Waals surface area contributed by atoms with Crippen molar-refractivity contribution in [2.75, 3.05) is 26.2 Å². The molecule has 2 aliphatic rings. The fourth-order valence-electron chi connectivity index (χ4n) is 3.01. The Morgan fingerprint density at radius 1 is 1.06 bits per heavy atom. The van der Waals surface area contributed by atoms with Crippen LogP contribution >= 0.6 is 0 Å². The number of nitrogens with zero attached hydrogens (tertiary/aromatic N) is 2. The van der Waals surface area contributed by atoms with E-state index in [0.717, 1.165) is 26.1 Å². The van der Waals surface area contributed by atoms with Crippen molar-refractivity contribution in [3.63, 3.8) is 0 Å². The third-order valence-electron chi connectivity index (χ3n) is 3.85. The van der Waals surface area contributed by atoms with Crippen molar-refractivity contribution in [2.24, 2.45) is 5.92 Å². The first-order valence-electron chi connectivity index (χ1n) is 6.77. The number of nitrogens with one attached hydrogen (secondary N) is 1. The highest BCUT2D eigenvalue weighted by Gasteiger charge is 2.34. The summed E-state index contributed by atoms with van der Waals surface area (Å²) >= 11 is 0. The van der Waals surface area contributed by atoms with Crippen LogP contribution in [0.2, 0.25) is 0 Å². The Bertz CT molecular complexity index is 335. The molecule has 2 saturated heterocycles. The Morgan fingerprint density at radius 2 is 1.67 bits per heavy atom. The average Bonchev–Trinajstić information content (AvgIpc) is 2.75. The molecule has 0 aromatic rings. The van der Waals surface area contributed by atoms with Gasteiger partial charge in [-0.25, -0.2) is 0 Å². The number of hydrogen-bond donors (Lipinski definition) is 1. The second-order valence-corrected chi connectivity index (χ2v) is 5.66. The van der Waals surface area contributed by atoms with Crippen molar-refractivity contribution in [1.82, 2.24) is 15.1 Å². The molecule has 2 aliphatic heterocycles. The third-order valence-corrected chi connectivity index (χ3v) is 3.85. The number of amides is 2. The molecule has 102 valence electrons. The lowest BCUT2D eigenvalue weighted by Crippen LogP contribution is -2.57. The zero-order valence-corrected chi connectivity index (χ0v) is 11.5. The topological polar surface area (TPSA) is 52.7 Å². The molecule has 5 nitrogen and oxygen atoms in total. The molecule has 0 spiro atoms. The van der Waals surface area contributed by atoms with E-state index in [4.69, 9.17) is 0 Å². The number of carbonyl (C=O) groups is 2. The van der Waals surface area contributed by atoms with Crippen LogP contribution in [0, 0.1) is 5.92 Å².